The van der Waals surface area contributed by atoms with Crippen LogP contribution in [0.2, 0.25) is 5.02 Å². The molecule has 0 saturated heterocycles. The van der Waals surface area contributed by atoms with Crippen molar-refractivity contribution < 1.29 is 4.52 Å². The zero-order chi connectivity index (χ0) is 15.2. The van der Waals surface area contributed by atoms with Gasteiger partial charge in [-0.2, -0.15) is 4.98 Å². The van der Waals surface area contributed by atoms with Crippen LogP contribution in [0.3, 0.4) is 0 Å². The van der Waals surface area contributed by atoms with Crippen molar-refractivity contribution >= 4 is 11.6 Å². The Bertz CT molecular complexity index is 555. The number of hydrogen-bond acceptors (Lipinski definition) is 5. The van der Waals surface area contributed by atoms with E-state index in [0.29, 0.717) is 28.5 Å². The van der Waals surface area contributed by atoms with Crippen molar-refractivity contribution in [1.29, 1.82) is 0 Å². The lowest BCUT2D eigenvalue weighted by Gasteiger charge is -2.20. The fourth-order valence-electron chi connectivity index (χ4n) is 2.21. The van der Waals surface area contributed by atoms with Crippen molar-refractivity contribution in [3.63, 3.8) is 0 Å². The van der Waals surface area contributed by atoms with Gasteiger partial charge in [-0.1, -0.05) is 37.5 Å². The normalized spacial score (nSPS) is 14.1. The van der Waals surface area contributed by atoms with Gasteiger partial charge in [0.05, 0.1) is 10.9 Å². The molecule has 6 heteroatoms. The van der Waals surface area contributed by atoms with Crippen molar-refractivity contribution in [2.45, 2.75) is 45.6 Å². The quantitative estimate of drug-likeness (QED) is 0.845. The maximum Gasteiger partial charge on any atom is 0.231 e. The Balaban J connectivity index is 2.12. The molecule has 0 fully saturated rings. The number of nitrogens with zero attached hydrogens (tertiary/aromatic N) is 3. The molecule has 1 N–H and O–H groups in total. The maximum absolute atomic E-state index is 5.83. The monoisotopic (exact) mass is 308 g/mol. The first-order valence-corrected chi connectivity index (χ1v) is 7.72. The fourth-order valence-corrected chi connectivity index (χ4v) is 2.32. The van der Waals surface area contributed by atoms with E-state index < -0.39 is 0 Å². The third-order valence-electron chi connectivity index (χ3n) is 3.49. The smallest absolute Gasteiger partial charge is 0.231 e. The highest BCUT2D eigenvalue weighted by Crippen LogP contribution is 2.23. The Hall–Kier alpha value is -1.46. The number of pyridine rings is 1. The summed E-state index contributed by atoms with van der Waals surface area (Å²) in [5, 5.41) is 8.12. The topological polar surface area (TPSA) is 63.8 Å². The summed E-state index contributed by atoms with van der Waals surface area (Å²) in [6.07, 6.45) is 3.69. The third kappa shape index (κ3) is 4.02. The molecule has 2 heterocycles. The van der Waals surface area contributed by atoms with E-state index in [-0.39, 0.29) is 5.92 Å². The highest BCUT2D eigenvalue weighted by atomic mass is 35.5. The molecular weight excluding hydrogens is 288 g/mol. The molecule has 0 spiro atoms. The van der Waals surface area contributed by atoms with Gasteiger partial charge in [0.1, 0.15) is 5.69 Å². The van der Waals surface area contributed by atoms with Gasteiger partial charge in [0.15, 0.2) is 0 Å². The fraction of sp³-hybridized carbons (Fsp3) is 0.533. The molecule has 0 aliphatic heterocycles. The second kappa shape index (κ2) is 7.52. The van der Waals surface area contributed by atoms with Gasteiger partial charge < -0.3 is 9.84 Å². The molecule has 0 aliphatic carbocycles. The number of nitrogens with one attached hydrogen (secondary N) is 1. The predicted octanol–water partition coefficient (Wildman–Crippen LogP) is 3.67. The van der Waals surface area contributed by atoms with Crippen molar-refractivity contribution in [2.75, 3.05) is 6.54 Å². The molecule has 0 amide bonds. The first-order valence-electron chi connectivity index (χ1n) is 7.34. The first-order chi connectivity index (χ1) is 10.2. The highest BCUT2D eigenvalue weighted by Gasteiger charge is 2.23. The Morgan fingerprint density at radius 2 is 2.14 bits per heavy atom. The van der Waals surface area contributed by atoms with Crippen molar-refractivity contribution in [3.8, 4) is 11.5 Å². The van der Waals surface area contributed by atoms with Crippen LogP contribution in [0.4, 0.5) is 0 Å². The third-order valence-corrected chi connectivity index (χ3v) is 3.71. The first kappa shape index (κ1) is 15.9. The lowest BCUT2D eigenvalue weighted by Crippen LogP contribution is -2.33. The molecule has 2 rings (SSSR count). The molecule has 2 aromatic rings. The van der Waals surface area contributed by atoms with Gasteiger partial charge in [-0.05, 0) is 31.5 Å². The number of aromatic nitrogens is 3. The standard InChI is InChI=1S/C15H21ClN4O/c1-4-8-17-12(5-2)10(3)15-19-14(20-21-15)13-7-6-11(16)9-18-13/h6-7,9-10,12,17H,4-5,8H2,1-3H3. The van der Waals surface area contributed by atoms with Gasteiger partial charge in [0.2, 0.25) is 11.7 Å². The maximum atomic E-state index is 5.83. The van der Waals surface area contributed by atoms with Crippen LogP contribution in [0.5, 0.6) is 0 Å². The summed E-state index contributed by atoms with van der Waals surface area (Å²) in [6.45, 7) is 7.40. The second-order valence-corrected chi connectivity index (χ2v) is 5.51. The summed E-state index contributed by atoms with van der Waals surface area (Å²) in [6, 6.07) is 3.88. The van der Waals surface area contributed by atoms with Gasteiger partial charge in [0, 0.05) is 12.2 Å². The van der Waals surface area contributed by atoms with Crippen LogP contribution in [0.15, 0.2) is 22.9 Å². The van der Waals surface area contributed by atoms with Crippen molar-refractivity contribution in [3.05, 3.63) is 29.2 Å². The molecule has 2 unspecified atom stereocenters. The van der Waals surface area contributed by atoms with E-state index in [4.69, 9.17) is 16.1 Å². The molecule has 2 atom stereocenters. The van der Waals surface area contributed by atoms with Crippen LogP contribution in [-0.4, -0.2) is 27.7 Å². The zero-order valence-electron chi connectivity index (χ0n) is 12.6. The van der Waals surface area contributed by atoms with Gasteiger partial charge in [0.25, 0.3) is 0 Å². The molecule has 0 radical (unpaired) electrons. The molecule has 114 valence electrons. The zero-order valence-corrected chi connectivity index (χ0v) is 13.4. The Labute approximate surface area is 130 Å². The summed E-state index contributed by atoms with van der Waals surface area (Å²) < 4.78 is 5.40. The average molecular weight is 309 g/mol. The molecular formula is C15H21ClN4O. The van der Waals surface area contributed by atoms with Crippen LogP contribution in [0.25, 0.3) is 11.5 Å². The van der Waals surface area contributed by atoms with Crippen LogP contribution in [-0.2, 0) is 0 Å². The average Bonchev–Trinajstić information content (AvgIpc) is 2.98. The van der Waals surface area contributed by atoms with E-state index >= 15 is 0 Å². The van der Waals surface area contributed by atoms with Gasteiger partial charge in [-0.15, -0.1) is 0 Å². The van der Waals surface area contributed by atoms with Gasteiger partial charge in [-0.25, -0.2) is 0 Å². The van der Waals surface area contributed by atoms with Gasteiger partial charge >= 0.3 is 0 Å². The van der Waals surface area contributed by atoms with Crippen LogP contribution in [0.1, 0.15) is 45.4 Å². The largest absolute Gasteiger partial charge is 0.339 e. The van der Waals surface area contributed by atoms with E-state index in [0.717, 1.165) is 19.4 Å². The number of hydrogen-bond donors (Lipinski definition) is 1. The van der Waals surface area contributed by atoms with E-state index in [1.54, 1.807) is 18.3 Å². The van der Waals surface area contributed by atoms with E-state index in [1.165, 1.54) is 0 Å². The van der Waals surface area contributed by atoms with Gasteiger partial charge in [-0.3, -0.25) is 4.98 Å². The van der Waals surface area contributed by atoms with Crippen LogP contribution >= 0.6 is 11.6 Å². The Morgan fingerprint density at radius 1 is 1.33 bits per heavy atom. The summed E-state index contributed by atoms with van der Waals surface area (Å²) in [7, 11) is 0. The molecule has 21 heavy (non-hydrogen) atoms. The predicted molar refractivity (Wildman–Crippen MR) is 83.3 cm³/mol. The van der Waals surface area contributed by atoms with Crippen molar-refractivity contribution in [2.24, 2.45) is 0 Å². The summed E-state index contributed by atoms with van der Waals surface area (Å²) in [4.78, 5) is 8.67. The second-order valence-electron chi connectivity index (χ2n) is 5.08. The van der Waals surface area contributed by atoms with E-state index in [1.807, 2.05) is 0 Å². The number of rotatable bonds is 7. The van der Waals surface area contributed by atoms with Crippen LogP contribution in [0, 0.1) is 0 Å². The van der Waals surface area contributed by atoms with Crippen LogP contribution < -0.4 is 5.32 Å². The molecule has 0 saturated carbocycles. The van der Waals surface area contributed by atoms with E-state index in [9.17, 15) is 0 Å². The highest BCUT2D eigenvalue weighted by molar-refractivity contribution is 6.30. The molecule has 0 aromatic carbocycles. The molecule has 0 bridgehead atoms. The molecule has 2 aromatic heterocycles. The molecule has 0 aliphatic rings. The summed E-state index contributed by atoms with van der Waals surface area (Å²) in [5.41, 5.74) is 0.663. The Kier molecular flexibility index (Phi) is 5.70. The SMILES string of the molecule is CCCNC(CC)C(C)c1nc(-c2ccc(Cl)cn2)no1. The van der Waals surface area contributed by atoms with E-state index in [2.05, 4.69) is 41.2 Å². The minimum Gasteiger partial charge on any atom is -0.339 e. The lowest BCUT2D eigenvalue weighted by molar-refractivity contribution is 0.319. The summed E-state index contributed by atoms with van der Waals surface area (Å²) >= 11 is 5.83. The Morgan fingerprint density at radius 3 is 2.76 bits per heavy atom. The number of halogens is 1. The summed E-state index contributed by atoms with van der Waals surface area (Å²) in [5.74, 6) is 1.30. The minimum absolute atomic E-state index is 0.162. The lowest BCUT2D eigenvalue weighted by atomic mass is 9.99. The molecule has 5 nitrogen and oxygen atoms in total. The van der Waals surface area contributed by atoms with Crippen molar-refractivity contribution in [1.82, 2.24) is 20.4 Å². The minimum atomic E-state index is 0.162.